The lowest BCUT2D eigenvalue weighted by Crippen LogP contribution is -2.59. The number of nitro groups is 1. The number of benzene rings is 1. The number of halogens is 1. The summed E-state index contributed by atoms with van der Waals surface area (Å²) in [7, 11) is 0. The number of anilines is 1. The van der Waals surface area contributed by atoms with E-state index >= 15 is 0 Å². The Morgan fingerprint density at radius 1 is 1.35 bits per heavy atom. The van der Waals surface area contributed by atoms with Crippen molar-refractivity contribution in [2.24, 2.45) is 0 Å². The Bertz CT molecular complexity index is 733. The molecule has 1 aromatic carbocycles. The number of carboxylic acids is 1. The molecule has 26 heavy (non-hydrogen) atoms. The first-order valence-corrected chi connectivity index (χ1v) is 8.70. The van der Waals surface area contributed by atoms with Crippen LogP contribution in [-0.4, -0.2) is 58.3 Å². The van der Waals surface area contributed by atoms with Crippen LogP contribution in [0.1, 0.15) is 20.8 Å². The molecule has 1 unspecified atom stereocenters. The van der Waals surface area contributed by atoms with E-state index in [1.54, 1.807) is 37.8 Å². The summed E-state index contributed by atoms with van der Waals surface area (Å²) in [6.07, 6.45) is -0.715. The van der Waals surface area contributed by atoms with Gasteiger partial charge in [-0.05, 0) is 32.9 Å². The Kier molecular flexibility index (Phi) is 5.74. The number of aliphatic carboxylic acids is 1. The second-order valence-corrected chi connectivity index (χ2v) is 7.78. The van der Waals surface area contributed by atoms with Crippen molar-refractivity contribution in [1.29, 1.82) is 0 Å². The lowest BCUT2D eigenvalue weighted by Gasteiger charge is -2.40. The van der Waals surface area contributed by atoms with E-state index in [0.29, 0.717) is 10.2 Å². The van der Waals surface area contributed by atoms with Crippen molar-refractivity contribution in [2.75, 3.05) is 24.5 Å². The van der Waals surface area contributed by atoms with Gasteiger partial charge in [0.05, 0.1) is 4.92 Å². The number of carboxylic acid groups (broad SMARTS) is 1. The van der Waals surface area contributed by atoms with E-state index < -0.39 is 28.6 Å². The first-order chi connectivity index (χ1) is 12.0. The largest absolute Gasteiger partial charge is 0.480 e. The van der Waals surface area contributed by atoms with Crippen LogP contribution in [0, 0.1) is 10.1 Å². The van der Waals surface area contributed by atoms with Crippen molar-refractivity contribution in [2.45, 2.75) is 32.4 Å². The number of ether oxygens (including phenoxy) is 1. The lowest BCUT2D eigenvalue weighted by molar-refractivity contribution is -0.384. The van der Waals surface area contributed by atoms with Gasteiger partial charge in [0.25, 0.3) is 5.69 Å². The highest BCUT2D eigenvalue weighted by atomic mass is 79.9. The molecule has 1 N–H and O–H groups in total. The molecule has 142 valence electrons. The van der Waals surface area contributed by atoms with Crippen molar-refractivity contribution in [3.8, 4) is 0 Å². The number of carbonyl (C=O) groups is 2. The Labute approximate surface area is 158 Å². The summed E-state index contributed by atoms with van der Waals surface area (Å²) in [6, 6.07) is 3.31. The standard InChI is InChI=1S/C16H20BrN3O6/c1-16(2,3)26-15(23)19-7-6-18(9-13(19)14(21)22)12-8-10(17)4-5-11(12)20(24)25/h4-5,8,13H,6-7,9H2,1-3H3,(H,21,22). The molecular weight excluding hydrogens is 410 g/mol. The van der Waals surface area contributed by atoms with Gasteiger partial charge in [0.15, 0.2) is 0 Å². The molecule has 0 spiro atoms. The van der Waals surface area contributed by atoms with Crippen molar-refractivity contribution in [3.63, 3.8) is 0 Å². The predicted molar refractivity (Wildman–Crippen MR) is 97.4 cm³/mol. The van der Waals surface area contributed by atoms with Gasteiger partial charge >= 0.3 is 12.1 Å². The molecule has 0 aliphatic carbocycles. The van der Waals surface area contributed by atoms with Gasteiger partial charge < -0.3 is 14.7 Å². The smallest absolute Gasteiger partial charge is 0.411 e. The van der Waals surface area contributed by atoms with E-state index in [0.717, 1.165) is 4.90 Å². The number of hydrogen-bond acceptors (Lipinski definition) is 6. The Hall–Kier alpha value is -2.36. The highest BCUT2D eigenvalue weighted by Crippen LogP contribution is 2.33. The Morgan fingerprint density at radius 3 is 2.54 bits per heavy atom. The molecule has 1 heterocycles. The third-order valence-electron chi connectivity index (χ3n) is 3.77. The maximum Gasteiger partial charge on any atom is 0.411 e. The van der Waals surface area contributed by atoms with E-state index in [-0.39, 0.29) is 25.3 Å². The molecule has 1 amide bonds. The van der Waals surface area contributed by atoms with Crippen molar-refractivity contribution in [1.82, 2.24) is 4.90 Å². The molecule has 1 aliphatic heterocycles. The zero-order valence-corrected chi connectivity index (χ0v) is 16.2. The average Bonchev–Trinajstić information content (AvgIpc) is 2.52. The highest BCUT2D eigenvalue weighted by molar-refractivity contribution is 9.10. The molecule has 1 saturated heterocycles. The monoisotopic (exact) mass is 429 g/mol. The predicted octanol–water partition coefficient (Wildman–Crippen LogP) is 2.87. The number of nitro benzene ring substituents is 1. The fourth-order valence-electron chi connectivity index (χ4n) is 2.66. The zero-order chi connectivity index (χ0) is 19.6. The second kappa shape index (κ2) is 7.48. The van der Waals surface area contributed by atoms with Gasteiger partial charge in [0.2, 0.25) is 0 Å². The molecule has 10 heteroatoms. The molecule has 1 atom stereocenters. The summed E-state index contributed by atoms with van der Waals surface area (Å²) in [6.45, 7) is 5.34. The van der Waals surface area contributed by atoms with E-state index in [1.165, 1.54) is 6.07 Å². The normalized spacial score (nSPS) is 17.8. The maximum atomic E-state index is 12.3. The number of piperazine rings is 1. The molecule has 0 saturated carbocycles. The van der Waals surface area contributed by atoms with E-state index in [2.05, 4.69) is 15.9 Å². The topological polar surface area (TPSA) is 113 Å². The quantitative estimate of drug-likeness (QED) is 0.580. The number of nitrogens with zero attached hydrogens (tertiary/aromatic N) is 3. The van der Waals surface area contributed by atoms with Gasteiger partial charge in [0.1, 0.15) is 17.3 Å². The molecule has 2 rings (SSSR count). The van der Waals surface area contributed by atoms with Crippen molar-refractivity contribution < 1.29 is 24.4 Å². The minimum atomic E-state index is -1.20. The lowest BCUT2D eigenvalue weighted by atomic mass is 10.1. The molecule has 9 nitrogen and oxygen atoms in total. The van der Waals surface area contributed by atoms with Gasteiger partial charge in [-0.25, -0.2) is 9.59 Å². The summed E-state index contributed by atoms with van der Waals surface area (Å²) in [5.74, 6) is -1.20. The molecule has 1 fully saturated rings. The van der Waals surface area contributed by atoms with Crippen LogP contribution in [0.2, 0.25) is 0 Å². The minimum Gasteiger partial charge on any atom is -0.480 e. The van der Waals surface area contributed by atoms with Crippen molar-refractivity contribution in [3.05, 3.63) is 32.8 Å². The van der Waals surface area contributed by atoms with Gasteiger partial charge in [0, 0.05) is 30.2 Å². The van der Waals surface area contributed by atoms with E-state index in [9.17, 15) is 24.8 Å². The number of rotatable bonds is 3. The number of carbonyl (C=O) groups excluding carboxylic acids is 1. The van der Waals surface area contributed by atoms with Crippen LogP contribution >= 0.6 is 15.9 Å². The van der Waals surface area contributed by atoms with E-state index in [4.69, 9.17) is 4.74 Å². The summed E-state index contributed by atoms with van der Waals surface area (Å²) in [5, 5.41) is 20.8. The first-order valence-electron chi connectivity index (χ1n) is 7.91. The molecule has 0 radical (unpaired) electrons. The minimum absolute atomic E-state index is 0.0775. The number of amides is 1. The van der Waals surface area contributed by atoms with Crippen LogP contribution < -0.4 is 4.90 Å². The SMILES string of the molecule is CC(C)(C)OC(=O)N1CCN(c2cc(Br)ccc2[N+](=O)[O-])CC1C(=O)O. The summed E-state index contributed by atoms with van der Waals surface area (Å²) in [4.78, 5) is 37.5. The van der Waals surface area contributed by atoms with Gasteiger partial charge in [-0.1, -0.05) is 15.9 Å². The maximum absolute atomic E-state index is 12.3. The van der Waals surface area contributed by atoms with Crippen molar-refractivity contribution >= 4 is 39.4 Å². The van der Waals surface area contributed by atoms with Gasteiger partial charge in [-0.3, -0.25) is 15.0 Å². The van der Waals surface area contributed by atoms with E-state index in [1.807, 2.05) is 0 Å². The molecule has 1 aromatic rings. The fourth-order valence-corrected chi connectivity index (χ4v) is 3.01. The average molecular weight is 430 g/mol. The first kappa shape index (κ1) is 20.0. The van der Waals surface area contributed by atoms with Crippen LogP contribution in [-0.2, 0) is 9.53 Å². The van der Waals surface area contributed by atoms with Gasteiger partial charge in [-0.2, -0.15) is 0 Å². The summed E-state index contributed by atoms with van der Waals surface area (Å²) < 4.78 is 5.91. The van der Waals surface area contributed by atoms with Crippen LogP contribution in [0.4, 0.5) is 16.2 Å². The highest BCUT2D eigenvalue weighted by Gasteiger charge is 2.39. The Balaban J connectivity index is 2.28. The molecule has 0 aromatic heterocycles. The van der Waals surface area contributed by atoms with Crippen LogP contribution in [0.5, 0.6) is 0 Å². The third-order valence-corrected chi connectivity index (χ3v) is 4.26. The Morgan fingerprint density at radius 2 is 2.00 bits per heavy atom. The zero-order valence-electron chi connectivity index (χ0n) is 14.6. The second-order valence-electron chi connectivity index (χ2n) is 6.86. The third kappa shape index (κ3) is 4.63. The summed E-state index contributed by atoms with van der Waals surface area (Å²) in [5.41, 5.74) is -0.567. The van der Waals surface area contributed by atoms with Crippen LogP contribution in [0.3, 0.4) is 0 Å². The fraction of sp³-hybridized carbons (Fsp3) is 0.500. The van der Waals surface area contributed by atoms with Crippen LogP contribution in [0.25, 0.3) is 0 Å². The number of hydrogen-bond donors (Lipinski definition) is 1. The molecule has 0 bridgehead atoms. The van der Waals surface area contributed by atoms with Crippen LogP contribution in [0.15, 0.2) is 22.7 Å². The molecular formula is C16H20BrN3O6. The summed E-state index contributed by atoms with van der Waals surface area (Å²) >= 11 is 3.27. The van der Waals surface area contributed by atoms with Gasteiger partial charge in [-0.15, -0.1) is 0 Å². The molecule has 1 aliphatic rings.